The number of hydrogen-bond donors (Lipinski definition) is 0. The van der Waals surface area contributed by atoms with E-state index in [-0.39, 0.29) is 6.61 Å². The molecule has 1 aromatic carbocycles. The van der Waals surface area contributed by atoms with Crippen molar-refractivity contribution in [3.63, 3.8) is 0 Å². The molecule has 0 spiro atoms. The summed E-state index contributed by atoms with van der Waals surface area (Å²) in [6, 6.07) is 5.46. The zero-order valence-corrected chi connectivity index (χ0v) is 10.6. The minimum absolute atomic E-state index is 0.202. The maximum atomic E-state index is 12.0. The Balaban J connectivity index is 3.20. The molecule has 0 aromatic heterocycles. The molecule has 0 aliphatic rings. The summed E-state index contributed by atoms with van der Waals surface area (Å²) in [5, 5.41) is 0. The Hall–Kier alpha value is -1.84. The number of rotatable bonds is 4. The molecule has 1 rings (SSSR count). The number of nitrogens with zero attached hydrogens (tertiary/aromatic N) is 1. The van der Waals surface area contributed by atoms with E-state index in [0.717, 1.165) is 11.3 Å². The van der Waals surface area contributed by atoms with E-state index >= 15 is 0 Å². The van der Waals surface area contributed by atoms with Gasteiger partial charge in [0, 0.05) is 19.8 Å². The van der Waals surface area contributed by atoms with Gasteiger partial charge in [-0.2, -0.15) is 0 Å². The van der Waals surface area contributed by atoms with Crippen LogP contribution < -0.4 is 4.90 Å². The van der Waals surface area contributed by atoms with Crippen molar-refractivity contribution in [3.8, 4) is 0 Å². The Labute approximate surface area is 101 Å². The van der Waals surface area contributed by atoms with Gasteiger partial charge >= 0.3 is 5.97 Å². The van der Waals surface area contributed by atoms with E-state index in [0.29, 0.717) is 5.56 Å². The number of anilines is 1. The van der Waals surface area contributed by atoms with Crippen LogP contribution in [0.1, 0.15) is 22.8 Å². The zero-order chi connectivity index (χ0) is 13.0. The third-order valence-corrected chi connectivity index (χ3v) is 2.42. The lowest BCUT2D eigenvalue weighted by Gasteiger charge is -2.17. The number of carbonyl (C=O) groups excluding carboxylic acids is 2. The van der Waals surface area contributed by atoms with E-state index in [2.05, 4.69) is 0 Å². The fourth-order valence-corrected chi connectivity index (χ4v) is 1.62. The first-order valence-corrected chi connectivity index (χ1v) is 5.47. The summed E-state index contributed by atoms with van der Waals surface area (Å²) >= 11 is 0. The summed E-state index contributed by atoms with van der Waals surface area (Å²) in [7, 11) is 3.66. The predicted octanol–water partition coefficient (Wildman–Crippen LogP) is 1.81. The maximum absolute atomic E-state index is 12.0. The molecule has 0 unspecified atom stereocenters. The highest BCUT2D eigenvalue weighted by molar-refractivity contribution is 6.42. The number of benzene rings is 1. The van der Waals surface area contributed by atoms with E-state index in [4.69, 9.17) is 4.74 Å². The third-order valence-electron chi connectivity index (χ3n) is 2.42. The Morgan fingerprint density at radius 2 is 1.94 bits per heavy atom. The monoisotopic (exact) mass is 235 g/mol. The van der Waals surface area contributed by atoms with Crippen LogP contribution in [0.15, 0.2) is 18.2 Å². The lowest BCUT2D eigenvalue weighted by Crippen LogP contribution is -2.22. The lowest BCUT2D eigenvalue weighted by atomic mass is 10.0. The van der Waals surface area contributed by atoms with Crippen molar-refractivity contribution in [1.29, 1.82) is 0 Å². The first-order valence-electron chi connectivity index (χ1n) is 5.47. The second-order valence-corrected chi connectivity index (χ2v) is 3.91. The average Bonchev–Trinajstić information content (AvgIpc) is 2.28. The second-order valence-electron chi connectivity index (χ2n) is 3.91. The maximum Gasteiger partial charge on any atom is 0.379 e. The molecule has 1 aromatic rings. The van der Waals surface area contributed by atoms with E-state index in [9.17, 15) is 9.59 Å². The Kier molecular flexibility index (Phi) is 4.26. The number of ether oxygens (including phenoxy) is 1. The van der Waals surface area contributed by atoms with Crippen molar-refractivity contribution >= 4 is 17.4 Å². The van der Waals surface area contributed by atoms with E-state index in [1.165, 1.54) is 0 Å². The van der Waals surface area contributed by atoms with Gasteiger partial charge in [0.1, 0.15) is 0 Å². The minimum Gasteiger partial charge on any atom is -0.460 e. The van der Waals surface area contributed by atoms with Crippen LogP contribution in [0, 0.1) is 6.92 Å². The van der Waals surface area contributed by atoms with Gasteiger partial charge in [-0.3, -0.25) is 4.79 Å². The number of hydrogen-bond acceptors (Lipinski definition) is 4. The van der Waals surface area contributed by atoms with Gasteiger partial charge in [-0.25, -0.2) is 4.79 Å². The van der Waals surface area contributed by atoms with Gasteiger partial charge in [-0.1, -0.05) is 12.1 Å². The first-order chi connectivity index (χ1) is 7.99. The quantitative estimate of drug-likeness (QED) is 0.453. The van der Waals surface area contributed by atoms with Crippen LogP contribution in [0.5, 0.6) is 0 Å². The van der Waals surface area contributed by atoms with Crippen molar-refractivity contribution in [3.05, 3.63) is 29.3 Å². The van der Waals surface area contributed by atoms with Crippen LogP contribution in [-0.4, -0.2) is 32.5 Å². The van der Waals surface area contributed by atoms with Gasteiger partial charge < -0.3 is 9.64 Å². The average molecular weight is 235 g/mol. The molecule has 0 fully saturated rings. The molecule has 0 amide bonds. The van der Waals surface area contributed by atoms with E-state index < -0.39 is 11.8 Å². The molecule has 17 heavy (non-hydrogen) atoms. The van der Waals surface area contributed by atoms with Crippen LogP contribution in [0.2, 0.25) is 0 Å². The topological polar surface area (TPSA) is 46.6 Å². The molecule has 4 heteroatoms. The third kappa shape index (κ3) is 2.84. The number of esters is 1. The van der Waals surface area contributed by atoms with Crippen LogP contribution in [-0.2, 0) is 9.53 Å². The van der Waals surface area contributed by atoms with Crippen LogP contribution in [0.4, 0.5) is 5.69 Å². The van der Waals surface area contributed by atoms with Crippen LogP contribution >= 0.6 is 0 Å². The molecule has 0 saturated carbocycles. The van der Waals surface area contributed by atoms with Crippen LogP contribution in [0.3, 0.4) is 0 Å². The molecule has 0 atom stereocenters. The van der Waals surface area contributed by atoms with Gasteiger partial charge in [-0.15, -0.1) is 0 Å². The molecular weight excluding hydrogens is 218 g/mol. The summed E-state index contributed by atoms with van der Waals surface area (Å²) < 4.78 is 4.74. The standard InChI is InChI=1S/C13H17NO3/c1-5-17-13(16)12(15)11-9(2)7-6-8-10(11)14(3)4/h6-8H,5H2,1-4H3. The summed E-state index contributed by atoms with van der Waals surface area (Å²) in [5.41, 5.74) is 1.91. The number of aryl methyl sites for hydroxylation is 1. The smallest absolute Gasteiger partial charge is 0.379 e. The van der Waals surface area contributed by atoms with Gasteiger partial charge in [0.25, 0.3) is 5.78 Å². The number of Topliss-reactive ketones (excluding diaryl/α,β-unsaturated/α-hetero) is 1. The molecule has 0 N–H and O–H groups in total. The number of carbonyl (C=O) groups is 2. The SMILES string of the molecule is CCOC(=O)C(=O)c1c(C)cccc1N(C)C. The fraction of sp³-hybridized carbons (Fsp3) is 0.385. The predicted molar refractivity (Wildman–Crippen MR) is 66.5 cm³/mol. The summed E-state index contributed by atoms with van der Waals surface area (Å²) in [4.78, 5) is 25.3. The van der Waals surface area contributed by atoms with Crippen molar-refractivity contribution in [2.24, 2.45) is 0 Å². The fourth-order valence-electron chi connectivity index (χ4n) is 1.62. The van der Waals surface area contributed by atoms with Gasteiger partial charge in [0.05, 0.1) is 12.2 Å². The Morgan fingerprint density at radius 3 is 2.47 bits per heavy atom. The van der Waals surface area contributed by atoms with Gasteiger partial charge in [-0.05, 0) is 25.5 Å². The molecule has 0 bridgehead atoms. The van der Waals surface area contributed by atoms with Gasteiger partial charge in [0.15, 0.2) is 0 Å². The van der Waals surface area contributed by atoms with Crippen molar-refractivity contribution in [2.75, 3.05) is 25.6 Å². The molecule has 4 nitrogen and oxygen atoms in total. The molecule has 0 aliphatic carbocycles. The Bertz CT molecular complexity index is 438. The van der Waals surface area contributed by atoms with Gasteiger partial charge in [0.2, 0.25) is 0 Å². The summed E-state index contributed by atoms with van der Waals surface area (Å²) in [6.07, 6.45) is 0. The summed E-state index contributed by atoms with van der Waals surface area (Å²) in [6.45, 7) is 3.68. The molecule has 92 valence electrons. The number of ketones is 1. The highest BCUT2D eigenvalue weighted by atomic mass is 16.5. The Morgan fingerprint density at radius 1 is 1.29 bits per heavy atom. The molecule has 0 aliphatic heterocycles. The first kappa shape index (κ1) is 13.2. The lowest BCUT2D eigenvalue weighted by molar-refractivity contribution is -0.137. The minimum atomic E-state index is -0.801. The van der Waals surface area contributed by atoms with Crippen LogP contribution in [0.25, 0.3) is 0 Å². The summed E-state index contributed by atoms with van der Waals surface area (Å²) in [5.74, 6) is -1.39. The van der Waals surface area contributed by atoms with E-state index in [1.807, 2.05) is 20.2 Å². The van der Waals surface area contributed by atoms with Crippen molar-refractivity contribution in [1.82, 2.24) is 0 Å². The van der Waals surface area contributed by atoms with Crippen molar-refractivity contribution < 1.29 is 14.3 Å². The van der Waals surface area contributed by atoms with E-state index in [1.54, 1.807) is 30.9 Å². The molecular formula is C13H17NO3. The second kappa shape index (κ2) is 5.48. The molecule has 0 radical (unpaired) electrons. The zero-order valence-electron chi connectivity index (χ0n) is 10.6. The highest BCUT2D eigenvalue weighted by Crippen LogP contribution is 2.22. The highest BCUT2D eigenvalue weighted by Gasteiger charge is 2.23. The van der Waals surface area contributed by atoms with Crippen molar-refractivity contribution in [2.45, 2.75) is 13.8 Å². The normalized spacial score (nSPS) is 9.88. The largest absolute Gasteiger partial charge is 0.460 e. The molecule has 0 heterocycles. The molecule has 0 saturated heterocycles.